The standard InChI is InChI=1S/C25H27N3O5S/c1-5-8-16-9-6-7-10-17(16)11-13-27-22-18(15(2)19(34-22)20-26-12-14-33-20)21(29)28(24(27)32)25(3,4)23(30)31/h6-7,9-10,12,14H,5,8,11,13H2,1-4H3,(H,30,31). The zero-order valence-electron chi connectivity index (χ0n) is 19.6. The van der Waals surface area contributed by atoms with Crippen LogP contribution in [0.15, 0.2) is 50.7 Å². The van der Waals surface area contributed by atoms with E-state index < -0.39 is 22.8 Å². The summed E-state index contributed by atoms with van der Waals surface area (Å²) in [5, 5.41) is 10.1. The number of carboxylic acid groups (broad SMARTS) is 1. The van der Waals surface area contributed by atoms with E-state index in [1.165, 1.54) is 47.8 Å². The van der Waals surface area contributed by atoms with E-state index in [4.69, 9.17) is 4.42 Å². The first-order chi connectivity index (χ1) is 16.2. The molecular weight excluding hydrogens is 454 g/mol. The van der Waals surface area contributed by atoms with Crippen molar-refractivity contribution in [1.82, 2.24) is 14.1 Å². The fourth-order valence-electron chi connectivity index (χ4n) is 4.22. The number of aliphatic carboxylic acids is 1. The Hall–Kier alpha value is -3.46. The second-order valence-corrected chi connectivity index (χ2v) is 9.78. The molecule has 0 amide bonds. The summed E-state index contributed by atoms with van der Waals surface area (Å²) in [5.41, 5.74) is -0.0267. The number of aromatic nitrogens is 3. The van der Waals surface area contributed by atoms with Crippen molar-refractivity contribution in [2.24, 2.45) is 0 Å². The maximum atomic E-state index is 13.6. The summed E-state index contributed by atoms with van der Waals surface area (Å²) in [6.45, 7) is 6.91. The molecule has 0 bridgehead atoms. The largest absolute Gasteiger partial charge is 0.480 e. The predicted molar refractivity (Wildman–Crippen MR) is 132 cm³/mol. The SMILES string of the molecule is CCCc1ccccc1CCn1c(=O)n(C(C)(C)C(=O)O)c(=O)c2c(C)c(-c3ncco3)sc21. The molecule has 34 heavy (non-hydrogen) atoms. The van der Waals surface area contributed by atoms with Gasteiger partial charge in [0.2, 0.25) is 5.89 Å². The fourth-order valence-corrected chi connectivity index (χ4v) is 5.48. The van der Waals surface area contributed by atoms with Gasteiger partial charge < -0.3 is 9.52 Å². The Morgan fingerprint density at radius 3 is 2.44 bits per heavy atom. The molecule has 0 spiro atoms. The van der Waals surface area contributed by atoms with Crippen LogP contribution >= 0.6 is 11.3 Å². The maximum Gasteiger partial charge on any atom is 0.333 e. The van der Waals surface area contributed by atoms with Crippen LogP contribution in [-0.4, -0.2) is 25.2 Å². The molecule has 0 unspecified atom stereocenters. The summed E-state index contributed by atoms with van der Waals surface area (Å²) in [6.07, 6.45) is 5.47. The average molecular weight is 482 g/mol. The molecule has 0 aliphatic rings. The molecule has 178 valence electrons. The van der Waals surface area contributed by atoms with Gasteiger partial charge in [-0.15, -0.1) is 11.3 Å². The van der Waals surface area contributed by atoms with Crippen molar-refractivity contribution in [2.75, 3.05) is 0 Å². The molecule has 0 saturated carbocycles. The first-order valence-electron chi connectivity index (χ1n) is 11.2. The number of oxazole rings is 1. The number of carboxylic acids is 1. The zero-order valence-corrected chi connectivity index (χ0v) is 20.4. The van der Waals surface area contributed by atoms with Gasteiger partial charge in [0.05, 0.1) is 16.5 Å². The van der Waals surface area contributed by atoms with Crippen LogP contribution < -0.4 is 11.2 Å². The number of hydrogen-bond donors (Lipinski definition) is 1. The van der Waals surface area contributed by atoms with Crippen LogP contribution in [-0.2, 0) is 29.7 Å². The molecule has 3 aromatic heterocycles. The lowest BCUT2D eigenvalue weighted by Crippen LogP contribution is -2.52. The molecule has 8 nitrogen and oxygen atoms in total. The van der Waals surface area contributed by atoms with Crippen molar-refractivity contribution in [3.05, 3.63) is 74.3 Å². The first kappa shape index (κ1) is 23.7. The quantitative estimate of drug-likeness (QED) is 0.404. The fraction of sp³-hybridized carbons (Fsp3) is 0.360. The summed E-state index contributed by atoms with van der Waals surface area (Å²) in [6, 6.07) is 8.10. The van der Waals surface area contributed by atoms with Crippen molar-refractivity contribution in [1.29, 1.82) is 0 Å². The topological polar surface area (TPSA) is 107 Å². The number of rotatable bonds is 8. The summed E-state index contributed by atoms with van der Waals surface area (Å²) < 4.78 is 7.83. The van der Waals surface area contributed by atoms with E-state index in [-0.39, 0.29) is 0 Å². The third kappa shape index (κ3) is 3.90. The molecule has 3 heterocycles. The number of nitrogens with zero attached hydrogens (tertiary/aromatic N) is 3. The first-order valence-corrected chi connectivity index (χ1v) is 12.0. The highest BCUT2D eigenvalue weighted by Crippen LogP contribution is 2.35. The summed E-state index contributed by atoms with van der Waals surface area (Å²) >= 11 is 1.26. The van der Waals surface area contributed by atoms with Gasteiger partial charge in [-0.1, -0.05) is 37.6 Å². The van der Waals surface area contributed by atoms with E-state index in [0.29, 0.717) is 39.5 Å². The molecule has 0 aliphatic heterocycles. The van der Waals surface area contributed by atoms with Crippen molar-refractivity contribution >= 4 is 27.5 Å². The Labute approximate surface area is 200 Å². The summed E-state index contributed by atoms with van der Waals surface area (Å²) in [7, 11) is 0. The molecule has 0 fully saturated rings. The van der Waals surface area contributed by atoms with Crippen LogP contribution in [0, 0.1) is 6.92 Å². The van der Waals surface area contributed by atoms with Crippen LogP contribution in [0.5, 0.6) is 0 Å². The van der Waals surface area contributed by atoms with Crippen LogP contribution in [0.25, 0.3) is 21.0 Å². The van der Waals surface area contributed by atoms with Crippen molar-refractivity contribution < 1.29 is 14.3 Å². The third-order valence-corrected chi connectivity index (χ3v) is 7.47. The lowest BCUT2D eigenvalue weighted by Gasteiger charge is -2.23. The van der Waals surface area contributed by atoms with Gasteiger partial charge in [-0.25, -0.2) is 19.1 Å². The van der Waals surface area contributed by atoms with E-state index in [9.17, 15) is 19.5 Å². The highest BCUT2D eigenvalue weighted by atomic mass is 32.1. The molecule has 9 heteroatoms. The van der Waals surface area contributed by atoms with Gasteiger partial charge in [0.1, 0.15) is 16.6 Å². The van der Waals surface area contributed by atoms with Crippen LogP contribution in [0.2, 0.25) is 0 Å². The molecule has 4 rings (SSSR count). The van der Waals surface area contributed by atoms with E-state index in [0.717, 1.165) is 23.0 Å². The Bertz CT molecular complexity index is 1470. The van der Waals surface area contributed by atoms with Crippen molar-refractivity contribution in [3.63, 3.8) is 0 Å². The molecule has 0 saturated heterocycles. The van der Waals surface area contributed by atoms with Crippen LogP contribution in [0.1, 0.15) is 43.9 Å². The summed E-state index contributed by atoms with van der Waals surface area (Å²) in [4.78, 5) is 44.5. The second-order valence-electron chi connectivity index (χ2n) is 8.78. The Morgan fingerprint density at radius 2 is 1.85 bits per heavy atom. The minimum atomic E-state index is -1.72. The van der Waals surface area contributed by atoms with E-state index in [2.05, 4.69) is 18.0 Å². The predicted octanol–water partition coefficient (Wildman–Crippen LogP) is 4.20. The number of fused-ring (bicyclic) bond motifs is 1. The molecule has 4 aromatic rings. The van der Waals surface area contributed by atoms with E-state index >= 15 is 0 Å². The summed E-state index contributed by atoms with van der Waals surface area (Å²) in [5.74, 6) is -0.902. The van der Waals surface area contributed by atoms with Gasteiger partial charge in [0.15, 0.2) is 0 Å². The smallest absolute Gasteiger partial charge is 0.333 e. The molecule has 1 N–H and O–H groups in total. The van der Waals surface area contributed by atoms with Gasteiger partial charge >= 0.3 is 11.7 Å². The van der Waals surface area contributed by atoms with E-state index in [1.54, 1.807) is 6.92 Å². The normalized spacial score (nSPS) is 11.9. The minimum Gasteiger partial charge on any atom is -0.480 e. The maximum absolute atomic E-state index is 13.6. The highest BCUT2D eigenvalue weighted by molar-refractivity contribution is 7.22. The minimum absolute atomic E-state index is 0.303. The average Bonchev–Trinajstić information content (AvgIpc) is 3.43. The second kappa shape index (κ2) is 9.06. The monoisotopic (exact) mass is 481 g/mol. The molecular formula is C25H27N3O5S. The lowest BCUT2D eigenvalue weighted by atomic mass is 10.0. The van der Waals surface area contributed by atoms with Gasteiger partial charge in [0, 0.05) is 6.54 Å². The third-order valence-electron chi connectivity index (χ3n) is 6.16. The number of thiophene rings is 1. The Kier molecular flexibility index (Phi) is 6.31. The van der Waals surface area contributed by atoms with Crippen LogP contribution in [0.3, 0.4) is 0 Å². The molecule has 1 aromatic carbocycles. The van der Waals surface area contributed by atoms with Crippen LogP contribution in [0.4, 0.5) is 0 Å². The number of carbonyl (C=O) groups is 1. The Balaban J connectivity index is 1.96. The Morgan fingerprint density at radius 1 is 1.18 bits per heavy atom. The molecule has 0 aliphatic carbocycles. The van der Waals surface area contributed by atoms with Gasteiger partial charge in [-0.2, -0.15) is 0 Å². The lowest BCUT2D eigenvalue weighted by molar-refractivity contribution is -0.146. The van der Waals surface area contributed by atoms with Gasteiger partial charge in [0.25, 0.3) is 5.56 Å². The number of hydrogen-bond acceptors (Lipinski definition) is 6. The molecule has 0 radical (unpaired) electrons. The van der Waals surface area contributed by atoms with Gasteiger partial charge in [-0.05, 0) is 50.3 Å². The number of aryl methyl sites for hydroxylation is 4. The van der Waals surface area contributed by atoms with Gasteiger partial charge in [-0.3, -0.25) is 9.36 Å². The highest BCUT2D eigenvalue weighted by Gasteiger charge is 2.35. The van der Waals surface area contributed by atoms with Crippen molar-refractivity contribution in [2.45, 2.75) is 59.0 Å². The van der Waals surface area contributed by atoms with Crippen molar-refractivity contribution in [3.8, 4) is 10.8 Å². The molecule has 0 atom stereocenters. The van der Waals surface area contributed by atoms with E-state index in [1.807, 2.05) is 18.2 Å². The number of benzene rings is 1. The zero-order chi connectivity index (χ0) is 24.6.